The summed E-state index contributed by atoms with van der Waals surface area (Å²) < 4.78 is 12.1. The summed E-state index contributed by atoms with van der Waals surface area (Å²) in [5.74, 6) is 0.00261. The van der Waals surface area contributed by atoms with E-state index in [1.165, 1.54) is 7.11 Å². The molecule has 0 aliphatic carbocycles. The van der Waals surface area contributed by atoms with Crippen LogP contribution in [0.3, 0.4) is 0 Å². The number of carboxylic acid groups (broad SMARTS) is 1. The second kappa shape index (κ2) is 6.93. The number of nitrogens with zero attached hydrogens (tertiary/aromatic N) is 3. The quantitative estimate of drug-likeness (QED) is 0.845. The van der Waals surface area contributed by atoms with Crippen molar-refractivity contribution in [3.05, 3.63) is 23.9 Å². The molecule has 0 aliphatic rings. The van der Waals surface area contributed by atoms with Crippen molar-refractivity contribution in [2.45, 2.75) is 26.3 Å². The first-order valence-electron chi connectivity index (χ1n) is 7.01. The van der Waals surface area contributed by atoms with E-state index in [2.05, 4.69) is 17.2 Å². The minimum atomic E-state index is -1.10. The van der Waals surface area contributed by atoms with Crippen LogP contribution in [-0.2, 0) is 6.54 Å². The molecule has 0 bridgehead atoms. The van der Waals surface area contributed by atoms with Crippen LogP contribution in [-0.4, -0.2) is 40.3 Å². The lowest BCUT2D eigenvalue weighted by Gasteiger charge is -2.11. The molecule has 0 aliphatic heterocycles. The number of unbranched alkanes of at least 4 members (excludes halogenated alkanes) is 1. The Labute approximate surface area is 128 Å². The molecule has 1 aromatic carbocycles. The van der Waals surface area contributed by atoms with Gasteiger partial charge in [-0.2, -0.15) is 0 Å². The standard InChI is InChI=1S/C15H19N3O4/c1-4-5-8-18-14(13(15(19)20)16-17-18)10-6-7-11(21-2)12(9-10)22-3/h6-7,9H,4-5,8H2,1-3H3,(H,19,20). The molecule has 1 aromatic heterocycles. The molecule has 2 rings (SSSR count). The third-order valence-electron chi connectivity index (χ3n) is 3.32. The Kier molecular flexibility index (Phi) is 4.98. The van der Waals surface area contributed by atoms with Crippen LogP contribution >= 0.6 is 0 Å². The fourth-order valence-electron chi connectivity index (χ4n) is 2.19. The normalized spacial score (nSPS) is 10.5. The molecule has 0 spiro atoms. The molecule has 7 heteroatoms. The maximum absolute atomic E-state index is 11.4. The zero-order valence-electron chi connectivity index (χ0n) is 12.9. The van der Waals surface area contributed by atoms with Crippen molar-refractivity contribution in [3.63, 3.8) is 0 Å². The van der Waals surface area contributed by atoms with Crippen molar-refractivity contribution in [1.82, 2.24) is 15.0 Å². The number of carboxylic acids is 1. The van der Waals surface area contributed by atoms with E-state index in [1.807, 2.05) is 0 Å². The van der Waals surface area contributed by atoms with Crippen molar-refractivity contribution in [1.29, 1.82) is 0 Å². The van der Waals surface area contributed by atoms with Crippen LogP contribution in [0.4, 0.5) is 0 Å². The molecule has 0 atom stereocenters. The lowest BCUT2D eigenvalue weighted by atomic mass is 10.1. The molecule has 0 amide bonds. The molecule has 7 nitrogen and oxygen atoms in total. The first-order valence-corrected chi connectivity index (χ1v) is 7.01. The number of aromatic nitrogens is 3. The van der Waals surface area contributed by atoms with E-state index in [4.69, 9.17) is 9.47 Å². The van der Waals surface area contributed by atoms with Gasteiger partial charge in [0.1, 0.15) is 5.69 Å². The Balaban J connectivity index is 2.54. The SMILES string of the molecule is CCCCn1nnc(C(=O)O)c1-c1ccc(OC)c(OC)c1. The number of methoxy groups -OCH3 is 2. The maximum atomic E-state index is 11.4. The predicted octanol–water partition coefficient (Wildman–Crippen LogP) is 2.46. The van der Waals surface area contributed by atoms with Gasteiger partial charge in [-0.15, -0.1) is 5.10 Å². The van der Waals surface area contributed by atoms with Gasteiger partial charge >= 0.3 is 5.97 Å². The summed E-state index contributed by atoms with van der Waals surface area (Å²) in [5, 5.41) is 17.1. The van der Waals surface area contributed by atoms with Gasteiger partial charge in [-0.3, -0.25) is 0 Å². The molecule has 22 heavy (non-hydrogen) atoms. The largest absolute Gasteiger partial charge is 0.493 e. The Morgan fingerprint density at radius 2 is 2.00 bits per heavy atom. The molecular weight excluding hydrogens is 286 g/mol. The fourth-order valence-corrected chi connectivity index (χ4v) is 2.19. The average Bonchev–Trinajstić information content (AvgIpc) is 2.96. The van der Waals surface area contributed by atoms with Crippen LogP contribution in [0.1, 0.15) is 30.3 Å². The van der Waals surface area contributed by atoms with Crippen molar-refractivity contribution >= 4 is 5.97 Å². The monoisotopic (exact) mass is 305 g/mol. The van der Waals surface area contributed by atoms with Gasteiger partial charge in [-0.25, -0.2) is 9.48 Å². The van der Waals surface area contributed by atoms with Gasteiger partial charge in [0.15, 0.2) is 17.2 Å². The van der Waals surface area contributed by atoms with Crippen LogP contribution < -0.4 is 9.47 Å². The van der Waals surface area contributed by atoms with Gasteiger partial charge in [0.25, 0.3) is 0 Å². The Hall–Kier alpha value is -2.57. The van der Waals surface area contributed by atoms with Gasteiger partial charge in [0, 0.05) is 12.1 Å². The summed E-state index contributed by atoms with van der Waals surface area (Å²) in [6.07, 6.45) is 1.87. The van der Waals surface area contributed by atoms with Gasteiger partial charge in [0.05, 0.1) is 14.2 Å². The summed E-state index contributed by atoms with van der Waals surface area (Å²) >= 11 is 0. The highest BCUT2D eigenvalue weighted by atomic mass is 16.5. The lowest BCUT2D eigenvalue weighted by molar-refractivity contribution is 0.0691. The van der Waals surface area contributed by atoms with Crippen molar-refractivity contribution < 1.29 is 19.4 Å². The van der Waals surface area contributed by atoms with Gasteiger partial charge in [0.2, 0.25) is 0 Å². The molecule has 1 heterocycles. The van der Waals surface area contributed by atoms with Crippen LogP contribution in [0.15, 0.2) is 18.2 Å². The number of hydrogen-bond acceptors (Lipinski definition) is 5. The van der Waals surface area contributed by atoms with E-state index in [1.54, 1.807) is 30.0 Å². The Morgan fingerprint density at radius 3 is 2.59 bits per heavy atom. The molecule has 0 saturated carbocycles. The van der Waals surface area contributed by atoms with Crippen LogP contribution in [0, 0.1) is 0 Å². The third-order valence-corrected chi connectivity index (χ3v) is 3.32. The highest BCUT2D eigenvalue weighted by molar-refractivity contribution is 5.92. The summed E-state index contributed by atoms with van der Waals surface area (Å²) in [4.78, 5) is 11.4. The summed E-state index contributed by atoms with van der Waals surface area (Å²) in [6.45, 7) is 2.67. The zero-order chi connectivity index (χ0) is 16.1. The number of ether oxygens (including phenoxy) is 2. The topological polar surface area (TPSA) is 86.5 Å². The number of carbonyl (C=O) groups is 1. The minimum absolute atomic E-state index is 0.0664. The number of rotatable bonds is 7. The van der Waals surface area contributed by atoms with E-state index < -0.39 is 5.97 Å². The maximum Gasteiger partial charge on any atom is 0.358 e. The molecule has 2 aromatic rings. The predicted molar refractivity (Wildman–Crippen MR) is 80.4 cm³/mol. The third kappa shape index (κ3) is 3.03. The van der Waals surface area contributed by atoms with E-state index in [0.29, 0.717) is 29.3 Å². The first kappa shape index (κ1) is 15.8. The van der Waals surface area contributed by atoms with Gasteiger partial charge in [-0.05, 0) is 24.6 Å². The average molecular weight is 305 g/mol. The second-order valence-electron chi connectivity index (χ2n) is 4.74. The molecule has 0 saturated heterocycles. The second-order valence-corrected chi connectivity index (χ2v) is 4.74. The highest BCUT2D eigenvalue weighted by Gasteiger charge is 2.21. The molecule has 118 valence electrons. The lowest BCUT2D eigenvalue weighted by Crippen LogP contribution is -2.05. The van der Waals surface area contributed by atoms with Crippen molar-refractivity contribution in [2.24, 2.45) is 0 Å². The smallest absolute Gasteiger partial charge is 0.358 e. The highest BCUT2D eigenvalue weighted by Crippen LogP contribution is 2.33. The van der Waals surface area contributed by atoms with E-state index in [9.17, 15) is 9.90 Å². The Morgan fingerprint density at radius 1 is 1.27 bits per heavy atom. The Bertz CT molecular complexity index is 667. The number of hydrogen-bond donors (Lipinski definition) is 1. The van der Waals surface area contributed by atoms with E-state index in [0.717, 1.165) is 12.8 Å². The molecule has 1 N–H and O–H groups in total. The number of aryl methyl sites for hydroxylation is 1. The fraction of sp³-hybridized carbons (Fsp3) is 0.400. The molecule has 0 fully saturated rings. The molecule has 0 unspecified atom stereocenters. The van der Waals surface area contributed by atoms with E-state index in [-0.39, 0.29) is 5.69 Å². The van der Waals surface area contributed by atoms with Crippen LogP contribution in [0.25, 0.3) is 11.3 Å². The molecule has 0 radical (unpaired) electrons. The van der Waals surface area contributed by atoms with Crippen molar-refractivity contribution in [3.8, 4) is 22.8 Å². The number of benzene rings is 1. The summed E-state index contributed by atoms with van der Waals surface area (Å²) in [6, 6.07) is 5.23. The summed E-state index contributed by atoms with van der Waals surface area (Å²) in [5.41, 5.74) is 1.08. The zero-order valence-corrected chi connectivity index (χ0v) is 12.9. The van der Waals surface area contributed by atoms with E-state index >= 15 is 0 Å². The van der Waals surface area contributed by atoms with Crippen LogP contribution in [0.5, 0.6) is 11.5 Å². The molecular formula is C15H19N3O4. The van der Waals surface area contributed by atoms with Gasteiger partial charge < -0.3 is 14.6 Å². The number of aromatic carboxylic acids is 1. The van der Waals surface area contributed by atoms with Crippen molar-refractivity contribution in [2.75, 3.05) is 14.2 Å². The van der Waals surface area contributed by atoms with Crippen LogP contribution in [0.2, 0.25) is 0 Å². The van der Waals surface area contributed by atoms with Gasteiger partial charge in [-0.1, -0.05) is 18.6 Å². The first-order chi connectivity index (χ1) is 10.6. The minimum Gasteiger partial charge on any atom is -0.493 e. The summed E-state index contributed by atoms with van der Waals surface area (Å²) in [7, 11) is 3.08.